The van der Waals surface area contributed by atoms with E-state index in [2.05, 4.69) is 10.1 Å². The third kappa shape index (κ3) is 5.95. The van der Waals surface area contributed by atoms with Crippen molar-refractivity contribution < 1.29 is 27.8 Å². The fourth-order valence-corrected chi connectivity index (χ4v) is 2.34. The molecule has 0 aliphatic heterocycles. The van der Waals surface area contributed by atoms with E-state index in [9.17, 15) is 18.4 Å². The highest BCUT2D eigenvalue weighted by atomic mass is 19.3. The van der Waals surface area contributed by atoms with Crippen molar-refractivity contribution in [1.82, 2.24) is 10.2 Å². The van der Waals surface area contributed by atoms with Crippen molar-refractivity contribution in [3.63, 3.8) is 0 Å². The summed E-state index contributed by atoms with van der Waals surface area (Å²) in [6.07, 6.45) is 0. The number of nitrogens with zero attached hydrogens (tertiary/aromatic N) is 1. The molecule has 0 saturated heterocycles. The van der Waals surface area contributed by atoms with Gasteiger partial charge in [0.05, 0.1) is 13.7 Å². The highest BCUT2D eigenvalue weighted by molar-refractivity contribution is 5.97. The molecule has 27 heavy (non-hydrogen) atoms. The number of carbonyl (C=O) groups is 2. The summed E-state index contributed by atoms with van der Waals surface area (Å²) in [5, 5.41) is 2.50. The fourth-order valence-electron chi connectivity index (χ4n) is 2.34. The molecule has 144 valence electrons. The summed E-state index contributed by atoms with van der Waals surface area (Å²) in [6, 6.07) is 13.2. The van der Waals surface area contributed by atoms with Gasteiger partial charge in [0.1, 0.15) is 0 Å². The molecule has 0 atom stereocenters. The van der Waals surface area contributed by atoms with Crippen molar-refractivity contribution in [1.29, 1.82) is 0 Å². The molecular weight excluding hydrogens is 358 g/mol. The summed E-state index contributed by atoms with van der Waals surface area (Å²) in [4.78, 5) is 25.9. The zero-order valence-corrected chi connectivity index (χ0v) is 14.9. The predicted molar refractivity (Wildman–Crippen MR) is 94.9 cm³/mol. The van der Waals surface area contributed by atoms with Crippen molar-refractivity contribution in [3.05, 3.63) is 59.7 Å². The van der Waals surface area contributed by atoms with Crippen LogP contribution in [0, 0.1) is 0 Å². The van der Waals surface area contributed by atoms with Crippen molar-refractivity contribution in [3.8, 4) is 11.5 Å². The first-order chi connectivity index (χ1) is 12.9. The van der Waals surface area contributed by atoms with E-state index in [0.29, 0.717) is 6.54 Å². The maximum absolute atomic E-state index is 12.3. The lowest BCUT2D eigenvalue weighted by molar-refractivity contribution is -0.129. The van der Waals surface area contributed by atoms with Crippen LogP contribution in [0.2, 0.25) is 0 Å². The second kappa shape index (κ2) is 9.51. The monoisotopic (exact) mass is 378 g/mol. The normalized spacial score (nSPS) is 10.4. The summed E-state index contributed by atoms with van der Waals surface area (Å²) in [5.41, 5.74) is 1.13. The third-order valence-electron chi connectivity index (χ3n) is 3.73. The average Bonchev–Trinajstić information content (AvgIpc) is 2.66. The minimum absolute atomic E-state index is 0.00419. The summed E-state index contributed by atoms with van der Waals surface area (Å²) in [7, 11) is 2.92. The van der Waals surface area contributed by atoms with Gasteiger partial charge in [-0.15, -0.1) is 0 Å². The predicted octanol–water partition coefficient (Wildman–Crippen LogP) is 2.69. The van der Waals surface area contributed by atoms with Crippen LogP contribution in [0.3, 0.4) is 0 Å². The molecule has 2 aromatic rings. The third-order valence-corrected chi connectivity index (χ3v) is 3.73. The fraction of sp³-hybridized carbons (Fsp3) is 0.263. The number of benzene rings is 2. The Morgan fingerprint density at radius 1 is 1.11 bits per heavy atom. The molecule has 0 aromatic heterocycles. The van der Waals surface area contributed by atoms with Gasteiger partial charge in [-0.3, -0.25) is 9.59 Å². The molecule has 1 N–H and O–H groups in total. The van der Waals surface area contributed by atoms with Crippen LogP contribution < -0.4 is 14.8 Å². The Balaban J connectivity index is 1.93. The lowest BCUT2D eigenvalue weighted by Crippen LogP contribution is -2.37. The summed E-state index contributed by atoms with van der Waals surface area (Å²) < 4.78 is 33.9. The minimum Gasteiger partial charge on any atom is -0.493 e. The van der Waals surface area contributed by atoms with Gasteiger partial charge in [-0.05, 0) is 23.8 Å². The van der Waals surface area contributed by atoms with E-state index in [1.165, 1.54) is 30.2 Å². The summed E-state index contributed by atoms with van der Waals surface area (Å²) in [5.74, 6) is -0.978. The molecule has 2 amide bonds. The van der Waals surface area contributed by atoms with Crippen LogP contribution in [0.5, 0.6) is 11.5 Å². The van der Waals surface area contributed by atoms with Gasteiger partial charge in [0.2, 0.25) is 5.91 Å². The molecule has 0 aliphatic carbocycles. The number of hydrogen-bond acceptors (Lipinski definition) is 4. The zero-order chi connectivity index (χ0) is 19.8. The number of amides is 2. The topological polar surface area (TPSA) is 67.9 Å². The number of ether oxygens (including phenoxy) is 2. The molecule has 0 unspecified atom stereocenters. The number of likely N-dealkylation sites (N-methyl/N-ethyl adjacent to an activating group) is 1. The van der Waals surface area contributed by atoms with Crippen LogP contribution in [0.25, 0.3) is 0 Å². The quantitative estimate of drug-likeness (QED) is 0.767. The molecule has 0 fully saturated rings. The molecule has 0 heterocycles. The Morgan fingerprint density at radius 2 is 1.81 bits per heavy atom. The van der Waals surface area contributed by atoms with Crippen LogP contribution >= 0.6 is 0 Å². The van der Waals surface area contributed by atoms with Gasteiger partial charge in [-0.2, -0.15) is 8.78 Å². The van der Waals surface area contributed by atoms with Crippen LogP contribution in [0.15, 0.2) is 48.5 Å². The second-order valence-corrected chi connectivity index (χ2v) is 5.66. The minimum atomic E-state index is -3.00. The number of nitrogens with one attached hydrogen (secondary N) is 1. The largest absolute Gasteiger partial charge is 0.493 e. The van der Waals surface area contributed by atoms with E-state index in [1.54, 1.807) is 7.05 Å². The van der Waals surface area contributed by atoms with Gasteiger partial charge in [0.15, 0.2) is 11.5 Å². The maximum Gasteiger partial charge on any atom is 0.387 e. The van der Waals surface area contributed by atoms with E-state index >= 15 is 0 Å². The van der Waals surface area contributed by atoms with Crippen molar-refractivity contribution in [2.24, 2.45) is 0 Å². The maximum atomic E-state index is 12.3. The number of carbonyl (C=O) groups excluding carboxylic acids is 2. The highest BCUT2D eigenvalue weighted by Gasteiger charge is 2.16. The Hall–Kier alpha value is -3.16. The first-order valence-corrected chi connectivity index (χ1v) is 8.09. The number of alkyl halides is 2. The Bertz CT molecular complexity index is 785. The Morgan fingerprint density at radius 3 is 2.44 bits per heavy atom. The van der Waals surface area contributed by atoms with E-state index in [-0.39, 0.29) is 29.5 Å². The highest BCUT2D eigenvalue weighted by Crippen LogP contribution is 2.29. The average molecular weight is 378 g/mol. The Labute approximate surface area is 155 Å². The molecule has 0 saturated carbocycles. The first kappa shape index (κ1) is 20.2. The molecule has 8 heteroatoms. The molecule has 0 aliphatic rings. The first-order valence-electron chi connectivity index (χ1n) is 8.09. The van der Waals surface area contributed by atoms with E-state index < -0.39 is 12.5 Å². The van der Waals surface area contributed by atoms with Gasteiger partial charge >= 0.3 is 6.61 Å². The van der Waals surface area contributed by atoms with E-state index in [0.717, 1.165) is 5.56 Å². The molecule has 6 nitrogen and oxygen atoms in total. The van der Waals surface area contributed by atoms with Crippen molar-refractivity contribution >= 4 is 11.8 Å². The van der Waals surface area contributed by atoms with E-state index in [4.69, 9.17) is 4.74 Å². The SMILES string of the molecule is COc1cc(C(=O)NCC(=O)N(C)Cc2ccccc2)ccc1OC(F)F. The molecule has 0 spiro atoms. The lowest BCUT2D eigenvalue weighted by Gasteiger charge is -2.17. The number of methoxy groups -OCH3 is 1. The van der Waals surface area contributed by atoms with Gasteiger partial charge in [-0.25, -0.2) is 0 Å². The van der Waals surface area contributed by atoms with E-state index in [1.807, 2.05) is 30.3 Å². The van der Waals surface area contributed by atoms with Gasteiger partial charge < -0.3 is 19.7 Å². The van der Waals surface area contributed by atoms with Crippen LogP contribution in [0.4, 0.5) is 8.78 Å². The van der Waals surface area contributed by atoms with Crippen LogP contribution in [-0.2, 0) is 11.3 Å². The summed E-state index contributed by atoms with van der Waals surface area (Å²) >= 11 is 0. The lowest BCUT2D eigenvalue weighted by atomic mass is 10.2. The molecular formula is C19H20F2N2O4. The Kier molecular flexibility index (Phi) is 7.10. The smallest absolute Gasteiger partial charge is 0.387 e. The molecule has 0 radical (unpaired) electrons. The number of hydrogen-bond donors (Lipinski definition) is 1. The summed E-state index contributed by atoms with van der Waals surface area (Å²) in [6.45, 7) is -2.78. The van der Waals surface area contributed by atoms with Gasteiger partial charge in [-0.1, -0.05) is 30.3 Å². The van der Waals surface area contributed by atoms with Crippen molar-refractivity contribution in [2.75, 3.05) is 20.7 Å². The zero-order valence-electron chi connectivity index (χ0n) is 14.9. The molecule has 0 bridgehead atoms. The second-order valence-electron chi connectivity index (χ2n) is 5.66. The molecule has 2 aromatic carbocycles. The van der Waals surface area contributed by atoms with Crippen LogP contribution in [-0.4, -0.2) is 44.0 Å². The number of halogens is 2. The van der Waals surface area contributed by atoms with Gasteiger partial charge in [0.25, 0.3) is 5.91 Å². The number of rotatable bonds is 8. The standard InChI is InChI=1S/C19H20F2N2O4/c1-23(12-13-6-4-3-5-7-13)17(24)11-22-18(25)14-8-9-15(27-19(20)21)16(10-14)26-2/h3-10,19H,11-12H2,1-2H3,(H,22,25). The molecule has 2 rings (SSSR count). The van der Waals surface area contributed by atoms with Crippen LogP contribution in [0.1, 0.15) is 15.9 Å². The van der Waals surface area contributed by atoms with Gasteiger partial charge in [0, 0.05) is 19.2 Å². The van der Waals surface area contributed by atoms with Crippen molar-refractivity contribution in [2.45, 2.75) is 13.2 Å².